The van der Waals surface area contributed by atoms with Crippen molar-refractivity contribution < 1.29 is 8.42 Å². The highest BCUT2D eigenvalue weighted by Gasteiger charge is 2.23. The molecule has 0 aliphatic heterocycles. The third kappa shape index (κ3) is 4.69. The van der Waals surface area contributed by atoms with Crippen LogP contribution in [-0.4, -0.2) is 28.1 Å². The van der Waals surface area contributed by atoms with Crippen LogP contribution in [0.3, 0.4) is 0 Å². The van der Waals surface area contributed by atoms with Crippen molar-refractivity contribution in [2.45, 2.75) is 38.5 Å². The van der Waals surface area contributed by atoms with Crippen LogP contribution in [0.2, 0.25) is 0 Å². The highest BCUT2D eigenvalue weighted by Crippen LogP contribution is 2.25. The fourth-order valence-corrected chi connectivity index (χ4v) is 3.22. The molecule has 1 rings (SSSR count). The number of hydrogen-bond acceptors (Lipinski definition) is 4. The molecule has 0 fully saturated rings. The summed E-state index contributed by atoms with van der Waals surface area (Å²) in [6.07, 6.45) is 2.03. The zero-order chi connectivity index (χ0) is 15.9. The number of benzene rings is 1. The van der Waals surface area contributed by atoms with Gasteiger partial charge in [0, 0.05) is 18.8 Å². The van der Waals surface area contributed by atoms with Crippen LogP contribution < -0.4 is 15.8 Å². The number of anilines is 1. The summed E-state index contributed by atoms with van der Waals surface area (Å²) in [6.45, 7) is 7.85. The first-order valence-electron chi connectivity index (χ1n) is 7.46. The summed E-state index contributed by atoms with van der Waals surface area (Å²) in [5, 5.41) is 3.35. The van der Waals surface area contributed by atoms with Crippen molar-refractivity contribution in [1.82, 2.24) is 4.72 Å². The Hall–Kier alpha value is -1.11. The summed E-state index contributed by atoms with van der Waals surface area (Å²) in [4.78, 5) is 0.283. The highest BCUT2D eigenvalue weighted by molar-refractivity contribution is 7.89. The second kappa shape index (κ2) is 7.77. The van der Waals surface area contributed by atoms with Crippen LogP contribution in [0.4, 0.5) is 5.69 Å². The number of sulfonamides is 1. The Morgan fingerprint density at radius 1 is 1.10 bits per heavy atom. The van der Waals surface area contributed by atoms with Crippen molar-refractivity contribution in [3.63, 3.8) is 0 Å². The number of nitrogens with two attached hydrogens (primary N) is 1. The molecule has 0 saturated carbocycles. The third-order valence-corrected chi connectivity index (χ3v) is 5.66. The van der Waals surface area contributed by atoms with Crippen LogP contribution in [0.15, 0.2) is 29.2 Å². The van der Waals surface area contributed by atoms with Gasteiger partial charge in [0.1, 0.15) is 0 Å². The molecule has 21 heavy (non-hydrogen) atoms. The van der Waals surface area contributed by atoms with Gasteiger partial charge >= 0.3 is 0 Å². The molecule has 0 bridgehead atoms. The minimum Gasteiger partial charge on any atom is -0.384 e. The van der Waals surface area contributed by atoms with Crippen molar-refractivity contribution in [3.05, 3.63) is 24.3 Å². The van der Waals surface area contributed by atoms with Gasteiger partial charge in [-0.1, -0.05) is 20.8 Å². The van der Waals surface area contributed by atoms with E-state index in [1.807, 2.05) is 0 Å². The molecule has 0 atom stereocenters. The van der Waals surface area contributed by atoms with E-state index in [1.165, 1.54) is 0 Å². The average Bonchev–Trinajstić information content (AvgIpc) is 2.50. The van der Waals surface area contributed by atoms with Gasteiger partial charge < -0.3 is 11.1 Å². The second-order valence-electron chi connectivity index (χ2n) is 5.29. The standard InChI is InChI=1S/C15H27N3O2S/c1-4-15(5-2,11-16)12-17-13-7-9-14(10-8-13)21(19,20)18-6-3/h7-10,17-18H,4-6,11-12,16H2,1-3H3. The number of hydrogen-bond donors (Lipinski definition) is 3. The molecule has 6 heteroatoms. The van der Waals surface area contributed by atoms with Crippen molar-refractivity contribution in [2.75, 3.05) is 25.0 Å². The largest absolute Gasteiger partial charge is 0.384 e. The van der Waals surface area contributed by atoms with E-state index in [9.17, 15) is 8.42 Å². The number of nitrogens with one attached hydrogen (secondary N) is 2. The highest BCUT2D eigenvalue weighted by atomic mass is 32.2. The Balaban J connectivity index is 2.76. The molecule has 0 spiro atoms. The molecule has 0 aromatic heterocycles. The van der Waals surface area contributed by atoms with E-state index in [4.69, 9.17) is 5.73 Å². The van der Waals surface area contributed by atoms with Crippen molar-refractivity contribution in [3.8, 4) is 0 Å². The Bertz CT molecular complexity index is 514. The molecule has 4 N–H and O–H groups in total. The van der Waals surface area contributed by atoms with Gasteiger partial charge in [-0.25, -0.2) is 13.1 Å². The maximum atomic E-state index is 11.9. The van der Waals surface area contributed by atoms with Gasteiger partial charge in [0.25, 0.3) is 0 Å². The van der Waals surface area contributed by atoms with E-state index in [-0.39, 0.29) is 10.3 Å². The van der Waals surface area contributed by atoms with Crippen LogP contribution in [0.1, 0.15) is 33.6 Å². The predicted octanol–water partition coefficient (Wildman–Crippen LogP) is 2.16. The molecule has 0 aliphatic carbocycles. The van der Waals surface area contributed by atoms with Gasteiger partial charge in [0.05, 0.1) is 4.90 Å². The lowest BCUT2D eigenvalue weighted by Crippen LogP contribution is -2.36. The summed E-state index contributed by atoms with van der Waals surface area (Å²) < 4.78 is 26.2. The van der Waals surface area contributed by atoms with Crippen LogP contribution in [0, 0.1) is 5.41 Å². The van der Waals surface area contributed by atoms with Gasteiger partial charge in [-0.2, -0.15) is 0 Å². The van der Waals surface area contributed by atoms with Gasteiger partial charge in [-0.15, -0.1) is 0 Å². The fourth-order valence-electron chi connectivity index (χ4n) is 2.18. The first-order chi connectivity index (χ1) is 9.93. The van der Waals surface area contributed by atoms with Crippen molar-refractivity contribution in [2.24, 2.45) is 11.1 Å². The minimum absolute atomic E-state index is 0.0918. The third-order valence-electron chi connectivity index (χ3n) is 4.10. The monoisotopic (exact) mass is 313 g/mol. The van der Waals surface area contributed by atoms with Gasteiger partial charge in [-0.05, 0) is 49.1 Å². The molecular weight excluding hydrogens is 286 g/mol. The Morgan fingerprint density at radius 3 is 2.10 bits per heavy atom. The smallest absolute Gasteiger partial charge is 0.240 e. The lowest BCUT2D eigenvalue weighted by Gasteiger charge is -2.30. The minimum atomic E-state index is -3.38. The van der Waals surface area contributed by atoms with E-state index in [0.29, 0.717) is 13.1 Å². The zero-order valence-corrected chi connectivity index (χ0v) is 14.0. The van der Waals surface area contributed by atoms with Gasteiger partial charge in [0.2, 0.25) is 10.0 Å². The molecule has 0 unspecified atom stereocenters. The summed E-state index contributed by atoms with van der Waals surface area (Å²) >= 11 is 0. The zero-order valence-electron chi connectivity index (χ0n) is 13.1. The van der Waals surface area contributed by atoms with Gasteiger partial charge in [0.15, 0.2) is 0 Å². The van der Waals surface area contributed by atoms with Crippen LogP contribution in [0.25, 0.3) is 0 Å². The maximum absolute atomic E-state index is 11.9. The van der Waals surface area contributed by atoms with Crippen LogP contribution in [-0.2, 0) is 10.0 Å². The van der Waals surface area contributed by atoms with Crippen LogP contribution >= 0.6 is 0 Å². The Kier molecular flexibility index (Phi) is 6.64. The van der Waals surface area contributed by atoms with E-state index in [0.717, 1.165) is 25.1 Å². The first-order valence-corrected chi connectivity index (χ1v) is 8.95. The lowest BCUT2D eigenvalue weighted by atomic mass is 9.82. The fraction of sp³-hybridized carbons (Fsp3) is 0.600. The molecular formula is C15H27N3O2S. The number of rotatable bonds is 9. The topological polar surface area (TPSA) is 84.2 Å². The predicted molar refractivity (Wildman–Crippen MR) is 87.9 cm³/mol. The normalized spacial score (nSPS) is 12.4. The second-order valence-corrected chi connectivity index (χ2v) is 7.06. The molecule has 1 aromatic rings. The summed E-state index contributed by atoms with van der Waals surface area (Å²) in [7, 11) is -3.38. The van der Waals surface area contributed by atoms with E-state index < -0.39 is 10.0 Å². The molecule has 0 aliphatic rings. The van der Waals surface area contributed by atoms with E-state index >= 15 is 0 Å². The van der Waals surface area contributed by atoms with Crippen LogP contribution in [0.5, 0.6) is 0 Å². The molecule has 5 nitrogen and oxygen atoms in total. The molecule has 1 aromatic carbocycles. The lowest BCUT2D eigenvalue weighted by molar-refractivity contribution is 0.294. The average molecular weight is 313 g/mol. The SMILES string of the molecule is CCNS(=O)(=O)c1ccc(NCC(CC)(CC)CN)cc1. The quantitative estimate of drug-likeness (QED) is 0.652. The summed E-state index contributed by atoms with van der Waals surface area (Å²) in [6, 6.07) is 6.80. The first kappa shape index (κ1) is 17.9. The van der Waals surface area contributed by atoms with E-state index in [1.54, 1.807) is 31.2 Å². The molecule has 0 heterocycles. The molecule has 0 radical (unpaired) electrons. The van der Waals surface area contributed by atoms with Gasteiger partial charge in [-0.3, -0.25) is 0 Å². The summed E-state index contributed by atoms with van der Waals surface area (Å²) in [5.74, 6) is 0. The summed E-state index contributed by atoms with van der Waals surface area (Å²) in [5.41, 5.74) is 6.88. The van der Waals surface area contributed by atoms with Crippen molar-refractivity contribution >= 4 is 15.7 Å². The molecule has 0 saturated heterocycles. The maximum Gasteiger partial charge on any atom is 0.240 e. The van der Waals surface area contributed by atoms with E-state index in [2.05, 4.69) is 23.9 Å². The molecule has 120 valence electrons. The molecule has 0 amide bonds. The van der Waals surface area contributed by atoms with Crippen molar-refractivity contribution in [1.29, 1.82) is 0 Å². The Morgan fingerprint density at radius 2 is 1.67 bits per heavy atom. The Labute approximate surface area is 128 Å².